The highest BCUT2D eigenvalue weighted by Gasteiger charge is 2.16. The number of aromatic nitrogens is 2. The van der Waals surface area contributed by atoms with Crippen molar-refractivity contribution in [1.29, 1.82) is 0 Å². The molecule has 4 rings (SSSR count). The van der Waals surface area contributed by atoms with Crippen molar-refractivity contribution in [3.63, 3.8) is 0 Å². The Labute approximate surface area is 205 Å². The summed E-state index contributed by atoms with van der Waals surface area (Å²) in [4.78, 5) is 4.50. The van der Waals surface area contributed by atoms with E-state index in [0.717, 1.165) is 5.69 Å². The van der Waals surface area contributed by atoms with Crippen LogP contribution in [0.5, 0.6) is 17.2 Å². The predicted molar refractivity (Wildman–Crippen MR) is 128 cm³/mol. The average Bonchev–Trinajstić information content (AvgIpc) is 3.25. The van der Waals surface area contributed by atoms with Gasteiger partial charge >= 0.3 is 0 Å². The zero-order valence-electron chi connectivity index (χ0n) is 18.4. The van der Waals surface area contributed by atoms with Crippen LogP contribution < -0.4 is 14.2 Å². The topological polar surface area (TPSA) is 45.5 Å². The van der Waals surface area contributed by atoms with Gasteiger partial charge in [0.2, 0.25) is 0 Å². The zero-order chi connectivity index (χ0) is 24.1. The number of hydrogen-bond acceptors (Lipinski definition) is 5. The van der Waals surface area contributed by atoms with Gasteiger partial charge in [-0.15, -0.1) is 0 Å². The molecular formula is C25H21ClF2N2O3S. The highest BCUT2D eigenvalue weighted by Crippen LogP contribution is 2.33. The average molecular weight is 503 g/mol. The maximum atomic E-state index is 14.2. The number of rotatable bonds is 9. The van der Waals surface area contributed by atoms with Crippen LogP contribution >= 0.6 is 23.4 Å². The van der Waals surface area contributed by atoms with E-state index in [4.69, 9.17) is 25.8 Å². The van der Waals surface area contributed by atoms with Crippen molar-refractivity contribution < 1.29 is 23.0 Å². The minimum Gasteiger partial charge on any atom is -0.493 e. The second-order valence-electron chi connectivity index (χ2n) is 7.14. The molecule has 0 saturated heterocycles. The van der Waals surface area contributed by atoms with E-state index in [1.807, 2.05) is 4.57 Å². The number of nitrogens with zero attached hydrogens (tertiary/aromatic N) is 2. The number of hydrogen-bond donors (Lipinski definition) is 0. The minimum atomic E-state index is -0.378. The van der Waals surface area contributed by atoms with Gasteiger partial charge in [0.1, 0.15) is 24.0 Å². The molecule has 1 heterocycles. The van der Waals surface area contributed by atoms with Crippen molar-refractivity contribution in [2.75, 3.05) is 14.2 Å². The molecule has 0 amide bonds. The lowest BCUT2D eigenvalue weighted by Gasteiger charge is -2.14. The first-order chi connectivity index (χ1) is 16.5. The molecule has 176 valence electrons. The molecule has 0 spiro atoms. The van der Waals surface area contributed by atoms with Crippen LogP contribution in [0.4, 0.5) is 8.78 Å². The zero-order valence-corrected chi connectivity index (χ0v) is 20.0. The van der Waals surface area contributed by atoms with Crippen molar-refractivity contribution in [2.24, 2.45) is 0 Å². The Morgan fingerprint density at radius 2 is 1.74 bits per heavy atom. The van der Waals surface area contributed by atoms with Gasteiger partial charge in [0.15, 0.2) is 16.7 Å². The first-order valence-electron chi connectivity index (χ1n) is 10.2. The summed E-state index contributed by atoms with van der Waals surface area (Å²) >= 11 is 7.50. The van der Waals surface area contributed by atoms with E-state index >= 15 is 0 Å². The molecule has 0 atom stereocenters. The second kappa shape index (κ2) is 10.8. The van der Waals surface area contributed by atoms with Crippen molar-refractivity contribution >= 4 is 23.4 Å². The van der Waals surface area contributed by atoms with Crippen molar-refractivity contribution in [3.05, 3.63) is 94.8 Å². The molecule has 0 aliphatic heterocycles. The molecule has 34 heavy (non-hydrogen) atoms. The number of methoxy groups -OCH3 is 2. The van der Waals surface area contributed by atoms with Gasteiger partial charge in [-0.1, -0.05) is 29.4 Å². The van der Waals surface area contributed by atoms with E-state index < -0.39 is 0 Å². The van der Waals surface area contributed by atoms with Gasteiger partial charge in [0.05, 0.1) is 26.1 Å². The highest BCUT2D eigenvalue weighted by molar-refractivity contribution is 7.98. The Bertz CT molecular complexity index is 1260. The van der Waals surface area contributed by atoms with E-state index in [1.165, 1.54) is 30.0 Å². The molecule has 0 aliphatic rings. The second-order valence-corrected chi connectivity index (χ2v) is 8.49. The van der Waals surface area contributed by atoms with Crippen molar-refractivity contribution in [2.45, 2.75) is 17.5 Å². The van der Waals surface area contributed by atoms with Gasteiger partial charge in [-0.25, -0.2) is 13.8 Å². The summed E-state index contributed by atoms with van der Waals surface area (Å²) in [6.45, 7) is 0.181. The van der Waals surface area contributed by atoms with Gasteiger partial charge in [0, 0.05) is 28.1 Å². The molecule has 0 N–H and O–H groups in total. The van der Waals surface area contributed by atoms with E-state index in [9.17, 15) is 8.78 Å². The Morgan fingerprint density at radius 1 is 0.971 bits per heavy atom. The molecule has 0 fully saturated rings. The molecule has 4 aromatic rings. The van der Waals surface area contributed by atoms with Gasteiger partial charge < -0.3 is 14.2 Å². The first kappa shape index (κ1) is 23.9. The van der Waals surface area contributed by atoms with Crippen LogP contribution in [0.2, 0.25) is 5.02 Å². The molecule has 0 aliphatic carbocycles. The van der Waals surface area contributed by atoms with E-state index in [2.05, 4.69) is 4.98 Å². The first-order valence-corrected chi connectivity index (χ1v) is 11.6. The van der Waals surface area contributed by atoms with E-state index in [1.54, 1.807) is 62.9 Å². The quantitative estimate of drug-likeness (QED) is 0.238. The fourth-order valence-electron chi connectivity index (χ4n) is 3.31. The number of halogens is 3. The Morgan fingerprint density at radius 3 is 2.44 bits per heavy atom. The van der Waals surface area contributed by atoms with Crippen LogP contribution in [0.25, 0.3) is 5.69 Å². The third kappa shape index (κ3) is 5.29. The smallest absolute Gasteiger partial charge is 0.173 e. The summed E-state index contributed by atoms with van der Waals surface area (Å²) in [6, 6.07) is 15.9. The maximum Gasteiger partial charge on any atom is 0.173 e. The summed E-state index contributed by atoms with van der Waals surface area (Å²) in [6.07, 6.45) is 1.68. The van der Waals surface area contributed by atoms with Gasteiger partial charge in [-0.3, -0.25) is 4.57 Å². The maximum absolute atomic E-state index is 14.2. The van der Waals surface area contributed by atoms with Crippen LogP contribution in [0.3, 0.4) is 0 Å². The largest absolute Gasteiger partial charge is 0.493 e. The fourth-order valence-corrected chi connectivity index (χ4v) is 4.66. The van der Waals surface area contributed by atoms with Crippen LogP contribution in [0, 0.1) is 11.6 Å². The Kier molecular flexibility index (Phi) is 7.59. The van der Waals surface area contributed by atoms with Crippen LogP contribution in [-0.4, -0.2) is 23.8 Å². The SMILES string of the molecule is COc1ccc(OCc2cnc(SCc3c(F)cccc3Cl)n2-c2ccc(F)cc2)cc1OC. The highest BCUT2D eigenvalue weighted by atomic mass is 35.5. The summed E-state index contributed by atoms with van der Waals surface area (Å²) in [7, 11) is 3.11. The standard InChI is InChI=1S/C25H21ClF2N2O3S/c1-31-23-11-10-19(12-24(23)32-2)33-14-18-13-29-25(30(18)17-8-6-16(27)7-9-17)34-15-20-21(26)4-3-5-22(20)28/h3-13H,14-15H2,1-2H3. The predicted octanol–water partition coefficient (Wildman–Crippen LogP) is 6.69. The van der Waals surface area contributed by atoms with Crippen LogP contribution in [0.15, 0.2) is 72.0 Å². The van der Waals surface area contributed by atoms with E-state index in [-0.39, 0.29) is 24.0 Å². The molecule has 3 aromatic carbocycles. The van der Waals surface area contributed by atoms with Crippen LogP contribution in [0.1, 0.15) is 11.3 Å². The van der Waals surface area contributed by atoms with Gasteiger partial charge in [-0.2, -0.15) is 0 Å². The molecular weight excluding hydrogens is 482 g/mol. The minimum absolute atomic E-state index is 0.181. The molecule has 0 bridgehead atoms. The monoisotopic (exact) mass is 502 g/mol. The van der Waals surface area contributed by atoms with Crippen molar-refractivity contribution in [1.82, 2.24) is 9.55 Å². The normalized spacial score (nSPS) is 10.9. The lowest BCUT2D eigenvalue weighted by molar-refractivity contribution is 0.293. The Balaban J connectivity index is 1.61. The molecule has 0 saturated carbocycles. The van der Waals surface area contributed by atoms with E-state index in [0.29, 0.717) is 38.7 Å². The number of benzene rings is 3. The van der Waals surface area contributed by atoms with Gasteiger partial charge in [-0.05, 0) is 48.5 Å². The molecule has 9 heteroatoms. The third-order valence-corrected chi connectivity index (χ3v) is 6.37. The Hall–Kier alpha value is -3.23. The molecule has 5 nitrogen and oxygen atoms in total. The lowest BCUT2D eigenvalue weighted by Crippen LogP contribution is -2.06. The summed E-state index contributed by atoms with van der Waals surface area (Å²) in [5.41, 5.74) is 1.82. The summed E-state index contributed by atoms with van der Waals surface area (Å²) in [5, 5.41) is 0.946. The van der Waals surface area contributed by atoms with Crippen LogP contribution in [-0.2, 0) is 12.4 Å². The molecule has 0 radical (unpaired) electrons. The molecule has 0 unspecified atom stereocenters. The third-order valence-electron chi connectivity index (χ3n) is 5.04. The molecule has 1 aromatic heterocycles. The number of imidazole rings is 1. The van der Waals surface area contributed by atoms with Crippen molar-refractivity contribution in [3.8, 4) is 22.9 Å². The summed E-state index contributed by atoms with van der Waals surface area (Å²) in [5.74, 6) is 1.27. The summed E-state index contributed by atoms with van der Waals surface area (Å²) < 4.78 is 46.2. The number of thioether (sulfide) groups is 1. The lowest BCUT2D eigenvalue weighted by atomic mass is 10.2. The fraction of sp³-hybridized carbons (Fsp3) is 0.160. The van der Waals surface area contributed by atoms with Gasteiger partial charge in [0.25, 0.3) is 0 Å². The number of ether oxygens (including phenoxy) is 3.